The second-order valence-corrected chi connectivity index (χ2v) is 7.77. The van der Waals surface area contributed by atoms with E-state index in [9.17, 15) is 14.5 Å². The summed E-state index contributed by atoms with van der Waals surface area (Å²) in [6.45, 7) is -0.214. The Balaban J connectivity index is 2.08. The van der Waals surface area contributed by atoms with Gasteiger partial charge in [-0.2, -0.15) is 4.98 Å². The third kappa shape index (κ3) is 5.29. The first-order valence-corrected chi connectivity index (χ1v) is 9.72. The molecule has 1 aromatic heterocycles. The molecule has 0 spiro atoms. The van der Waals surface area contributed by atoms with Crippen molar-refractivity contribution in [2.24, 2.45) is 0 Å². The van der Waals surface area contributed by atoms with Crippen LogP contribution in [0.3, 0.4) is 0 Å². The average molecular weight is 413 g/mol. The van der Waals surface area contributed by atoms with Gasteiger partial charge < -0.3 is 33.8 Å². The normalized spacial score (nSPS) is 26.7. The maximum Gasteiger partial charge on any atom is 0.474 e. The average Bonchev–Trinajstić information content (AvgIpc) is 2.86. The van der Waals surface area contributed by atoms with Gasteiger partial charge in [-0.3, -0.25) is 4.57 Å². The molecule has 0 amide bonds. The van der Waals surface area contributed by atoms with E-state index in [0.717, 1.165) is 0 Å². The van der Waals surface area contributed by atoms with E-state index in [1.54, 1.807) is 25.1 Å². The van der Waals surface area contributed by atoms with E-state index in [4.69, 9.17) is 23.8 Å². The highest BCUT2D eigenvalue weighted by atomic mass is 31.2. The van der Waals surface area contributed by atoms with Crippen molar-refractivity contribution in [3.8, 4) is 0 Å². The zero-order chi connectivity index (χ0) is 19.5. The van der Waals surface area contributed by atoms with Crippen LogP contribution >= 0.6 is 16.9 Å². The van der Waals surface area contributed by atoms with Crippen molar-refractivity contribution < 1.29 is 37.8 Å². The van der Waals surface area contributed by atoms with Crippen molar-refractivity contribution in [3.05, 3.63) is 22.7 Å². The van der Waals surface area contributed by atoms with Crippen LogP contribution in [-0.4, -0.2) is 70.6 Å². The maximum atomic E-state index is 12.2. The van der Waals surface area contributed by atoms with Crippen LogP contribution in [0.2, 0.25) is 0 Å². The molecule has 2 heterocycles. The standard InChI is InChI=1S/C12H21N3O9P2/c1-14(2)8-4-5-15(12(17)13-8)11-10(21-3)9(16)7(23-11)6-22-25-24-26(18,19)20/h4-5,7,9-11,16,25H,6H2,1-3H3,(H2,18,19,20)/t7-,9?,10?,11-/m1/s1. The molecule has 1 aromatic rings. The lowest BCUT2D eigenvalue weighted by molar-refractivity contribution is -0.0598. The van der Waals surface area contributed by atoms with Gasteiger partial charge in [0.25, 0.3) is 0 Å². The van der Waals surface area contributed by atoms with Gasteiger partial charge in [-0.25, -0.2) is 13.7 Å². The first-order valence-electron chi connectivity index (χ1n) is 7.38. The molecule has 1 aliphatic heterocycles. The van der Waals surface area contributed by atoms with Gasteiger partial charge >= 0.3 is 13.5 Å². The van der Waals surface area contributed by atoms with Gasteiger partial charge in [-0.05, 0) is 6.07 Å². The van der Waals surface area contributed by atoms with Gasteiger partial charge in [0.1, 0.15) is 24.1 Å². The minimum Gasteiger partial charge on any atom is -0.387 e. The van der Waals surface area contributed by atoms with Crippen LogP contribution in [-0.2, 0) is 22.9 Å². The highest BCUT2D eigenvalue weighted by Crippen LogP contribution is 2.44. The largest absolute Gasteiger partial charge is 0.474 e. The summed E-state index contributed by atoms with van der Waals surface area (Å²) in [4.78, 5) is 35.0. The quantitative estimate of drug-likeness (QED) is 0.363. The first-order chi connectivity index (χ1) is 12.1. The number of aromatic nitrogens is 2. The Morgan fingerprint density at radius 1 is 1.46 bits per heavy atom. The summed E-state index contributed by atoms with van der Waals surface area (Å²) in [6.07, 6.45) is -2.34. The number of aliphatic hydroxyl groups is 1. The summed E-state index contributed by atoms with van der Waals surface area (Å²) in [5, 5.41) is 10.3. The summed E-state index contributed by atoms with van der Waals surface area (Å²) in [5.74, 6) is 0.467. The Kier molecular flexibility index (Phi) is 7.26. The molecule has 2 rings (SSSR count). The number of rotatable bonds is 8. The van der Waals surface area contributed by atoms with Gasteiger partial charge in [0.2, 0.25) is 0 Å². The summed E-state index contributed by atoms with van der Waals surface area (Å²) in [6, 6.07) is 1.61. The predicted molar refractivity (Wildman–Crippen MR) is 90.9 cm³/mol. The Morgan fingerprint density at radius 2 is 2.15 bits per heavy atom. The number of hydrogen-bond donors (Lipinski definition) is 3. The van der Waals surface area contributed by atoms with Crippen LogP contribution in [0.5, 0.6) is 0 Å². The molecule has 0 radical (unpaired) electrons. The van der Waals surface area contributed by atoms with Crippen LogP contribution in [0, 0.1) is 0 Å². The Hall–Kier alpha value is -0.940. The smallest absolute Gasteiger partial charge is 0.387 e. The van der Waals surface area contributed by atoms with E-state index in [1.165, 1.54) is 17.9 Å². The molecule has 1 aliphatic rings. The molecule has 3 N–H and O–H groups in total. The summed E-state index contributed by atoms with van der Waals surface area (Å²) < 4.78 is 31.8. The van der Waals surface area contributed by atoms with Crippen molar-refractivity contribution in [3.63, 3.8) is 0 Å². The number of ether oxygens (including phenoxy) is 2. The fraction of sp³-hybridized carbons (Fsp3) is 0.667. The van der Waals surface area contributed by atoms with Gasteiger partial charge in [0.15, 0.2) is 15.3 Å². The topological polar surface area (TPSA) is 153 Å². The molecule has 0 aromatic carbocycles. The minimum absolute atomic E-state index is 0.214. The number of aliphatic hydroxyl groups excluding tert-OH is 1. The Bertz CT molecular complexity index is 709. The molecule has 12 nitrogen and oxygen atoms in total. The number of phosphoric acid groups is 1. The number of methoxy groups -OCH3 is 1. The SMILES string of the molecule is COC1C(O)[C@@H](COPOP(=O)(O)O)O[C@H]1n1ccc(N(C)C)nc1=O. The van der Waals surface area contributed by atoms with Crippen molar-refractivity contribution in [2.75, 3.05) is 32.7 Å². The van der Waals surface area contributed by atoms with E-state index in [0.29, 0.717) is 5.82 Å². The minimum atomic E-state index is -4.64. The van der Waals surface area contributed by atoms with Crippen molar-refractivity contribution in [2.45, 2.75) is 24.5 Å². The molecule has 1 fully saturated rings. The second kappa shape index (κ2) is 8.83. The lowest BCUT2D eigenvalue weighted by atomic mass is 10.1. The molecule has 14 heteroatoms. The van der Waals surface area contributed by atoms with E-state index in [-0.39, 0.29) is 6.61 Å². The Morgan fingerprint density at radius 3 is 2.69 bits per heavy atom. The van der Waals surface area contributed by atoms with Crippen LogP contribution in [0.15, 0.2) is 17.1 Å². The van der Waals surface area contributed by atoms with Crippen molar-refractivity contribution in [1.82, 2.24) is 9.55 Å². The highest BCUT2D eigenvalue weighted by Gasteiger charge is 2.45. The second-order valence-electron chi connectivity index (χ2n) is 5.60. The van der Waals surface area contributed by atoms with Crippen LogP contribution < -0.4 is 10.6 Å². The Labute approximate surface area is 150 Å². The third-order valence-electron chi connectivity index (χ3n) is 3.60. The summed E-state index contributed by atoms with van der Waals surface area (Å²) in [7, 11) is -0.727. The molecule has 0 bridgehead atoms. The fourth-order valence-corrected chi connectivity index (χ4v) is 3.20. The molecule has 26 heavy (non-hydrogen) atoms. The third-order valence-corrected chi connectivity index (χ3v) is 5.13. The highest BCUT2D eigenvalue weighted by molar-refractivity contribution is 7.53. The van der Waals surface area contributed by atoms with Gasteiger partial charge in [0.05, 0.1) is 6.61 Å². The van der Waals surface area contributed by atoms with Crippen molar-refractivity contribution >= 4 is 22.7 Å². The monoisotopic (exact) mass is 413 g/mol. The molecule has 1 saturated heterocycles. The molecule has 5 atom stereocenters. The molecular weight excluding hydrogens is 392 g/mol. The molecule has 3 unspecified atom stereocenters. The van der Waals surface area contributed by atoms with Crippen LogP contribution in [0.4, 0.5) is 5.82 Å². The lowest BCUT2D eigenvalue weighted by Gasteiger charge is -2.21. The zero-order valence-corrected chi connectivity index (χ0v) is 16.1. The van der Waals surface area contributed by atoms with E-state index in [1.807, 2.05) is 0 Å². The molecular formula is C12H21N3O9P2. The fourth-order valence-electron chi connectivity index (χ4n) is 2.37. The number of nitrogens with zero attached hydrogens (tertiary/aromatic N) is 3. The summed E-state index contributed by atoms with van der Waals surface area (Å²) in [5.41, 5.74) is -0.580. The zero-order valence-electron chi connectivity index (χ0n) is 14.3. The first kappa shape index (κ1) is 21.4. The van der Waals surface area contributed by atoms with Crippen molar-refractivity contribution in [1.29, 1.82) is 0 Å². The van der Waals surface area contributed by atoms with E-state index >= 15 is 0 Å². The van der Waals surface area contributed by atoms with E-state index in [2.05, 4.69) is 9.29 Å². The van der Waals surface area contributed by atoms with Gasteiger partial charge in [-0.1, -0.05) is 0 Å². The van der Waals surface area contributed by atoms with Crippen LogP contribution in [0.1, 0.15) is 6.23 Å². The van der Waals surface area contributed by atoms with E-state index < -0.39 is 47.1 Å². The molecule has 148 valence electrons. The number of hydrogen-bond acceptors (Lipinski definition) is 9. The summed E-state index contributed by atoms with van der Waals surface area (Å²) >= 11 is 0. The molecule has 0 aliphatic carbocycles. The van der Waals surface area contributed by atoms with Gasteiger partial charge in [-0.15, -0.1) is 0 Å². The molecule has 0 saturated carbocycles. The predicted octanol–water partition coefficient (Wildman–Crippen LogP) is -0.783. The van der Waals surface area contributed by atoms with Crippen LogP contribution in [0.25, 0.3) is 0 Å². The lowest BCUT2D eigenvalue weighted by Crippen LogP contribution is -2.37. The van der Waals surface area contributed by atoms with Gasteiger partial charge in [0, 0.05) is 27.4 Å². The maximum absolute atomic E-state index is 12.2. The number of anilines is 1.